The SMILES string of the molecule is COC(=O)C1=C(OC)C2OC1(CN(C)C(=O)OCc1ccccc1)c1c2cc2c(c1OC)[C@@](OC)(O[Si](C)(C)C(C)(C)C)[C@H]2OC. The van der Waals surface area contributed by atoms with Gasteiger partial charge >= 0.3 is 12.1 Å². The van der Waals surface area contributed by atoms with Crippen LogP contribution in [0, 0.1) is 0 Å². The third-order valence-electron chi connectivity index (χ3n) is 9.75. The van der Waals surface area contributed by atoms with Crippen molar-refractivity contribution in [3.05, 3.63) is 75.5 Å². The van der Waals surface area contributed by atoms with Crippen molar-refractivity contribution in [2.45, 2.75) is 69.1 Å². The van der Waals surface area contributed by atoms with Gasteiger partial charge in [0.1, 0.15) is 35.9 Å². The van der Waals surface area contributed by atoms with Gasteiger partial charge in [0.05, 0.1) is 33.4 Å². The molecule has 2 aromatic rings. The lowest BCUT2D eigenvalue weighted by molar-refractivity contribution is -0.274. The Morgan fingerprint density at radius 1 is 0.978 bits per heavy atom. The molecule has 2 heterocycles. The largest absolute Gasteiger partial charge is 0.497 e. The molecule has 0 aromatic heterocycles. The van der Waals surface area contributed by atoms with E-state index in [0.29, 0.717) is 22.6 Å². The van der Waals surface area contributed by atoms with Gasteiger partial charge in [-0.15, -0.1) is 0 Å². The van der Waals surface area contributed by atoms with E-state index in [4.69, 9.17) is 37.6 Å². The summed E-state index contributed by atoms with van der Waals surface area (Å²) in [7, 11) is 6.67. The predicted molar refractivity (Wildman–Crippen MR) is 171 cm³/mol. The van der Waals surface area contributed by atoms with Crippen molar-refractivity contribution in [2.24, 2.45) is 0 Å². The Kier molecular flexibility index (Phi) is 8.84. The van der Waals surface area contributed by atoms with Crippen molar-refractivity contribution < 1.29 is 47.2 Å². The molecule has 12 heteroatoms. The highest BCUT2D eigenvalue weighted by molar-refractivity contribution is 6.74. The van der Waals surface area contributed by atoms with Crippen LogP contribution in [0.5, 0.6) is 5.75 Å². The normalized spacial score (nSPS) is 24.6. The summed E-state index contributed by atoms with van der Waals surface area (Å²) in [4.78, 5) is 28.2. The number of amides is 1. The molecule has 250 valence electrons. The van der Waals surface area contributed by atoms with E-state index in [2.05, 4.69) is 33.9 Å². The highest BCUT2D eigenvalue weighted by atomic mass is 28.4. The zero-order chi connectivity index (χ0) is 33.8. The first kappa shape index (κ1) is 33.9. The van der Waals surface area contributed by atoms with Crippen LogP contribution < -0.4 is 4.74 Å². The number of nitrogens with zero attached hydrogens (tertiary/aromatic N) is 1. The van der Waals surface area contributed by atoms with E-state index in [1.54, 1.807) is 28.4 Å². The maximum atomic E-state index is 13.5. The molecule has 5 rings (SSSR count). The first-order chi connectivity index (χ1) is 21.7. The predicted octanol–water partition coefficient (Wildman–Crippen LogP) is 5.84. The van der Waals surface area contributed by atoms with Gasteiger partial charge in [0.15, 0.2) is 13.9 Å². The fraction of sp³-hybridized carbons (Fsp3) is 0.529. The van der Waals surface area contributed by atoms with Crippen LogP contribution in [0.2, 0.25) is 18.1 Å². The third-order valence-corrected chi connectivity index (χ3v) is 14.2. The lowest BCUT2D eigenvalue weighted by Crippen LogP contribution is -2.57. The van der Waals surface area contributed by atoms with E-state index in [1.807, 2.05) is 36.4 Å². The number of esters is 1. The maximum absolute atomic E-state index is 13.5. The second-order valence-corrected chi connectivity index (χ2v) is 18.1. The minimum absolute atomic E-state index is 0.0798. The van der Waals surface area contributed by atoms with E-state index in [9.17, 15) is 9.59 Å². The Morgan fingerprint density at radius 2 is 1.65 bits per heavy atom. The van der Waals surface area contributed by atoms with Crippen LogP contribution in [0.4, 0.5) is 4.79 Å². The molecule has 1 aliphatic carbocycles. The standard InChI is InChI=1S/C34H45NO10Si/c1-32(2,3)46(10,11)45-34(42-9)24-22(29(34)40-7)17-21-23(27(24)38-5)33(25(30(36)41-8)28(39-6)26(21)44-33)19-35(4)31(37)43-18-20-15-13-12-14-16-20/h12-17,26,29H,18-19H2,1-11H3/t26?,29-,33?,34+/m0/s1. The van der Waals surface area contributed by atoms with Crippen LogP contribution in [-0.2, 0) is 55.6 Å². The van der Waals surface area contributed by atoms with Gasteiger partial charge in [-0.3, -0.25) is 0 Å². The van der Waals surface area contributed by atoms with Crippen LogP contribution in [0.25, 0.3) is 0 Å². The summed E-state index contributed by atoms with van der Waals surface area (Å²) >= 11 is 0. The summed E-state index contributed by atoms with van der Waals surface area (Å²) in [5, 5.41) is -0.142. The maximum Gasteiger partial charge on any atom is 0.409 e. The quantitative estimate of drug-likeness (QED) is 0.166. The number of hydrogen-bond acceptors (Lipinski definition) is 10. The molecule has 2 aromatic carbocycles. The lowest BCUT2D eigenvalue weighted by Gasteiger charge is -2.54. The van der Waals surface area contributed by atoms with Crippen molar-refractivity contribution in [2.75, 3.05) is 49.1 Å². The van der Waals surface area contributed by atoms with Gasteiger partial charge in [-0.05, 0) is 40.9 Å². The van der Waals surface area contributed by atoms with Crippen molar-refractivity contribution >= 4 is 20.4 Å². The van der Waals surface area contributed by atoms with Gasteiger partial charge in [0.25, 0.3) is 0 Å². The molecular weight excluding hydrogens is 610 g/mol. The summed E-state index contributed by atoms with van der Waals surface area (Å²) in [6.45, 7) is 10.7. The summed E-state index contributed by atoms with van der Waals surface area (Å²) in [6, 6.07) is 11.4. The van der Waals surface area contributed by atoms with E-state index in [1.165, 1.54) is 19.1 Å². The highest BCUT2D eigenvalue weighted by Crippen LogP contribution is 2.67. The number of hydrogen-bond donors (Lipinski definition) is 0. The number of carbonyl (C=O) groups excluding carboxylic acids is 2. The second-order valence-electron chi connectivity index (χ2n) is 13.3. The van der Waals surface area contributed by atoms with Gasteiger partial charge < -0.3 is 42.5 Å². The number of carbonyl (C=O) groups is 2. The number of methoxy groups -OCH3 is 5. The van der Waals surface area contributed by atoms with Crippen LogP contribution >= 0.6 is 0 Å². The molecule has 1 amide bonds. The molecule has 11 nitrogen and oxygen atoms in total. The Labute approximate surface area is 271 Å². The summed E-state index contributed by atoms with van der Waals surface area (Å²) < 4.78 is 48.8. The van der Waals surface area contributed by atoms with Gasteiger partial charge in [-0.1, -0.05) is 51.1 Å². The summed E-state index contributed by atoms with van der Waals surface area (Å²) in [5.41, 5.74) is 2.23. The van der Waals surface area contributed by atoms with Crippen LogP contribution in [-0.4, -0.2) is 74.4 Å². The lowest BCUT2D eigenvalue weighted by atomic mass is 9.70. The Balaban J connectivity index is 1.66. The number of likely N-dealkylation sites (N-methyl/N-ethyl adjacent to an activating group) is 1. The molecule has 4 atom stereocenters. The molecule has 0 saturated heterocycles. The monoisotopic (exact) mass is 655 g/mol. The van der Waals surface area contributed by atoms with Gasteiger partial charge in [0.2, 0.25) is 5.79 Å². The van der Waals surface area contributed by atoms with Crippen molar-refractivity contribution in [3.63, 3.8) is 0 Å². The first-order valence-electron chi connectivity index (χ1n) is 15.2. The number of fused-ring (bicyclic) bond motifs is 6. The molecule has 0 saturated carbocycles. The average Bonchev–Trinajstić information content (AvgIpc) is 3.52. The second kappa shape index (κ2) is 12.0. The minimum atomic E-state index is -2.45. The minimum Gasteiger partial charge on any atom is -0.497 e. The highest BCUT2D eigenvalue weighted by Gasteiger charge is 2.67. The molecule has 2 bridgehead atoms. The molecule has 0 fully saturated rings. The van der Waals surface area contributed by atoms with Crippen LogP contribution in [0.3, 0.4) is 0 Å². The topological polar surface area (TPSA) is 111 Å². The molecule has 2 unspecified atom stereocenters. The number of benzene rings is 2. The fourth-order valence-corrected chi connectivity index (χ4v) is 7.91. The summed E-state index contributed by atoms with van der Waals surface area (Å²) in [6.07, 6.45) is -1.93. The average molecular weight is 656 g/mol. The van der Waals surface area contributed by atoms with Crippen molar-refractivity contribution in [3.8, 4) is 5.75 Å². The molecule has 0 spiro atoms. The van der Waals surface area contributed by atoms with E-state index in [0.717, 1.165) is 16.7 Å². The molecule has 2 aliphatic heterocycles. The smallest absolute Gasteiger partial charge is 0.409 e. The zero-order valence-corrected chi connectivity index (χ0v) is 29.6. The molecular formula is C34H45NO10Si. The van der Waals surface area contributed by atoms with Gasteiger partial charge in [-0.25, -0.2) is 9.59 Å². The van der Waals surface area contributed by atoms with Crippen molar-refractivity contribution in [1.29, 1.82) is 0 Å². The van der Waals surface area contributed by atoms with Crippen molar-refractivity contribution in [1.82, 2.24) is 4.90 Å². The Hall–Kier alpha value is -3.42. The number of rotatable bonds is 11. The van der Waals surface area contributed by atoms with Gasteiger partial charge in [-0.2, -0.15) is 0 Å². The van der Waals surface area contributed by atoms with Crippen LogP contribution in [0.15, 0.2) is 47.7 Å². The Morgan fingerprint density at radius 3 is 2.20 bits per heavy atom. The third kappa shape index (κ3) is 4.93. The molecule has 0 radical (unpaired) electrons. The van der Waals surface area contributed by atoms with E-state index < -0.39 is 44.0 Å². The van der Waals surface area contributed by atoms with E-state index >= 15 is 0 Å². The van der Waals surface area contributed by atoms with Crippen LogP contribution in [0.1, 0.15) is 60.8 Å². The van der Waals surface area contributed by atoms with E-state index in [-0.39, 0.29) is 23.8 Å². The summed E-state index contributed by atoms with van der Waals surface area (Å²) in [5.74, 6) is -1.22. The molecule has 0 N–H and O–H groups in total. The molecule has 3 aliphatic rings. The number of ether oxygens (including phenoxy) is 7. The van der Waals surface area contributed by atoms with Gasteiger partial charge in [0, 0.05) is 26.8 Å². The Bertz CT molecular complexity index is 1550. The molecule has 46 heavy (non-hydrogen) atoms. The zero-order valence-electron chi connectivity index (χ0n) is 28.6. The first-order valence-corrected chi connectivity index (χ1v) is 18.1. The fourth-order valence-electron chi connectivity index (χ4n) is 6.55.